The lowest BCUT2D eigenvalue weighted by Gasteiger charge is -2.34. The number of halogens is 4. The molecule has 0 radical (unpaired) electrons. The van der Waals surface area contributed by atoms with Crippen LogP contribution < -0.4 is 4.74 Å². The molecule has 3 heterocycles. The number of carbonyl (C=O) groups excluding carboxylic acids is 1. The van der Waals surface area contributed by atoms with Crippen molar-refractivity contribution in [3.63, 3.8) is 0 Å². The summed E-state index contributed by atoms with van der Waals surface area (Å²) in [5.41, 5.74) is -0.649. The van der Waals surface area contributed by atoms with E-state index in [1.165, 1.54) is 30.6 Å². The van der Waals surface area contributed by atoms with E-state index in [4.69, 9.17) is 4.74 Å². The van der Waals surface area contributed by atoms with Gasteiger partial charge >= 0.3 is 6.18 Å². The molecule has 4 unspecified atom stereocenters. The normalized spacial score (nSPS) is 23.5. The smallest absolute Gasteiger partial charge is 0.417 e. The Morgan fingerprint density at radius 2 is 1.86 bits per heavy atom. The largest absolute Gasteiger partial charge is 0.472 e. The summed E-state index contributed by atoms with van der Waals surface area (Å²) in [5.74, 6) is -0.482. The van der Waals surface area contributed by atoms with Gasteiger partial charge < -0.3 is 9.64 Å². The second-order valence-electron chi connectivity index (χ2n) is 9.10. The second kappa shape index (κ2) is 9.48. The first-order valence-electron chi connectivity index (χ1n) is 11.9. The average molecular weight is 500 g/mol. The van der Waals surface area contributed by atoms with Crippen LogP contribution in [0.15, 0.2) is 55.0 Å². The van der Waals surface area contributed by atoms with Gasteiger partial charge in [0.05, 0.1) is 22.7 Å². The summed E-state index contributed by atoms with van der Waals surface area (Å²) < 4.78 is 59.7. The first kappa shape index (κ1) is 24.1. The van der Waals surface area contributed by atoms with E-state index in [0.29, 0.717) is 19.3 Å². The number of carbonyl (C=O) groups is 1. The van der Waals surface area contributed by atoms with Crippen LogP contribution >= 0.6 is 0 Å². The molecule has 1 aliphatic carbocycles. The predicted octanol–water partition coefficient (Wildman–Crippen LogP) is 5.55. The van der Waals surface area contributed by atoms with E-state index < -0.39 is 23.7 Å². The summed E-state index contributed by atoms with van der Waals surface area (Å²) in [5, 5.41) is 0. The Labute approximate surface area is 205 Å². The van der Waals surface area contributed by atoms with Gasteiger partial charge in [-0.25, -0.2) is 19.3 Å². The van der Waals surface area contributed by atoms with E-state index >= 15 is 0 Å². The molecule has 2 aliphatic rings. The first-order chi connectivity index (χ1) is 17.3. The van der Waals surface area contributed by atoms with Crippen LogP contribution in [0.5, 0.6) is 5.88 Å². The van der Waals surface area contributed by atoms with Crippen LogP contribution in [0.3, 0.4) is 0 Å². The van der Waals surface area contributed by atoms with Gasteiger partial charge in [0, 0.05) is 30.7 Å². The molecule has 2 bridgehead atoms. The maximum absolute atomic E-state index is 14.9. The SMILES string of the molecule is CCC1C2CCC(Oc3ccc(C(F)(F)F)cn3)C(C2)N1C(=O)c1cccc(F)c1-c1ncccn1. The summed E-state index contributed by atoms with van der Waals surface area (Å²) in [6.07, 6.45) is 1.63. The molecule has 2 aromatic heterocycles. The number of benzene rings is 1. The van der Waals surface area contributed by atoms with E-state index in [-0.39, 0.29) is 46.7 Å². The molecule has 1 aromatic carbocycles. The minimum Gasteiger partial charge on any atom is -0.472 e. The van der Waals surface area contributed by atoms with Crippen molar-refractivity contribution < 1.29 is 27.1 Å². The first-order valence-corrected chi connectivity index (χ1v) is 11.9. The molecule has 0 N–H and O–H groups in total. The Morgan fingerprint density at radius 3 is 2.53 bits per heavy atom. The zero-order chi connectivity index (χ0) is 25.4. The third-order valence-electron chi connectivity index (χ3n) is 7.08. The number of rotatable bonds is 5. The van der Waals surface area contributed by atoms with Crippen LogP contribution in [0.2, 0.25) is 0 Å². The lowest BCUT2D eigenvalue weighted by Crippen LogP contribution is -2.48. The fourth-order valence-corrected chi connectivity index (χ4v) is 5.50. The van der Waals surface area contributed by atoms with Crippen LogP contribution in [0.25, 0.3) is 11.4 Å². The molecule has 1 amide bonds. The minimum absolute atomic E-state index is 0.0428. The van der Waals surface area contributed by atoms with Crippen molar-refractivity contribution in [1.29, 1.82) is 0 Å². The highest BCUT2D eigenvalue weighted by Crippen LogP contribution is 2.44. The highest BCUT2D eigenvalue weighted by Gasteiger charge is 2.50. The molecular formula is C26H24F4N4O2. The predicted molar refractivity (Wildman–Crippen MR) is 122 cm³/mol. The molecule has 1 saturated heterocycles. The molecule has 4 atom stereocenters. The molecule has 36 heavy (non-hydrogen) atoms. The van der Waals surface area contributed by atoms with Crippen LogP contribution in [0.1, 0.15) is 48.5 Å². The number of nitrogens with zero attached hydrogens (tertiary/aromatic N) is 4. The lowest BCUT2D eigenvalue weighted by atomic mass is 9.85. The van der Waals surface area contributed by atoms with Crippen molar-refractivity contribution in [2.75, 3.05) is 0 Å². The van der Waals surface area contributed by atoms with Gasteiger partial charge in [-0.3, -0.25) is 4.79 Å². The van der Waals surface area contributed by atoms with Crippen molar-refractivity contribution in [2.24, 2.45) is 5.92 Å². The number of amides is 1. The monoisotopic (exact) mass is 500 g/mol. The number of aromatic nitrogens is 3. The van der Waals surface area contributed by atoms with E-state index in [1.54, 1.807) is 17.0 Å². The second-order valence-corrected chi connectivity index (χ2v) is 9.10. The summed E-state index contributed by atoms with van der Waals surface area (Å²) in [7, 11) is 0. The number of alkyl halides is 3. The van der Waals surface area contributed by atoms with Crippen LogP contribution in [-0.2, 0) is 6.18 Å². The summed E-state index contributed by atoms with van der Waals surface area (Å²) in [6, 6.07) is 7.67. The summed E-state index contributed by atoms with van der Waals surface area (Å²) in [6.45, 7) is 2.01. The van der Waals surface area contributed by atoms with E-state index in [1.807, 2.05) is 6.92 Å². The summed E-state index contributed by atoms with van der Waals surface area (Å²) in [4.78, 5) is 27.9. The molecule has 10 heteroatoms. The maximum atomic E-state index is 14.9. The number of hydrogen-bond donors (Lipinski definition) is 0. The van der Waals surface area contributed by atoms with Gasteiger partial charge in [-0.05, 0) is 55.9 Å². The van der Waals surface area contributed by atoms with Gasteiger partial charge in [0.15, 0.2) is 5.82 Å². The Kier molecular flexibility index (Phi) is 6.36. The number of likely N-dealkylation sites (tertiary alicyclic amines) is 1. The van der Waals surface area contributed by atoms with Crippen molar-refractivity contribution in [3.8, 4) is 17.3 Å². The summed E-state index contributed by atoms with van der Waals surface area (Å²) >= 11 is 0. The molecule has 1 aliphatic heterocycles. The maximum Gasteiger partial charge on any atom is 0.417 e. The molecule has 3 aromatic rings. The van der Waals surface area contributed by atoms with Crippen molar-refractivity contribution in [1.82, 2.24) is 19.9 Å². The molecule has 6 nitrogen and oxygen atoms in total. The van der Waals surface area contributed by atoms with Crippen molar-refractivity contribution in [2.45, 2.75) is 57.0 Å². The number of fused-ring (bicyclic) bond motifs is 2. The topological polar surface area (TPSA) is 68.2 Å². The Bertz CT molecular complexity index is 1240. The van der Waals surface area contributed by atoms with Gasteiger partial charge in [0.2, 0.25) is 5.88 Å². The molecule has 5 rings (SSSR count). The van der Waals surface area contributed by atoms with Crippen LogP contribution in [0, 0.1) is 11.7 Å². The lowest BCUT2D eigenvalue weighted by molar-refractivity contribution is -0.137. The number of ether oxygens (including phenoxy) is 1. The zero-order valence-corrected chi connectivity index (χ0v) is 19.5. The van der Waals surface area contributed by atoms with E-state index in [0.717, 1.165) is 18.7 Å². The number of pyridine rings is 1. The van der Waals surface area contributed by atoms with Gasteiger partial charge in [-0.2, -0.15) is 13.2 Å². The third kappa shape index (κ3) is 4.40. The van der Waals surface area contributed by atoms with Crippen LogP contribution in [0.4, 0.5) is 17.6 Å². The number of hydrogen-bond acceptors (Lipinski definition) is 5. The Morgan fingerprint density at radius 1 is 1.08 bits per heavy atom. The highest BCUT2D eigenvalue weighted by atomic mass is 19.4. The Balaban J connectivity index is 1.46. The fourth-order valence-electron chi connectivity index (χ4n) is 5.50. The van der Waals surface area contributed by atoms with E-state index in [9.17, 15) is 22.4 Å². The molecular weight excluding hydrogens is 476 g/mol. The molecule has 0 spiro atoms. The van der Waals surface area contributed by atoms with Gasteiger partial charge in [-0.1, -0.05) is 13.0 Å². The van der Waals surface area contributed by atoms with Crippen molar-refractivity contribution in [3.05, 3.63) is 71.9 Å². The molecule has 2 fully saturated rings. The van der Waals surface area contributed by atoms with E-state index in [2.05, 4.69) is 15.0 Å². The quantitative estimate of drug-likeness (QED) is 0.430. The minimum atomic E-state index is -4.49. The van der Waals surface area contributed by atoms with Gasteiger partial charge in [-0.15, -0.1) is 0 Å². The Hall–Kier alpha value is -3.56. The van der Waals surface area contributed by atoms with Crippen LogP contribution in [-0.4, -0.2) is 43.9 Å². The average Bonchev–Trinajstić information content (AvgIpc) is 3.17. The zero-order valence-electron chi connectivity index (χ0n) is 19.5. The molecule has 188 valence electrons. The van der Waals surface area contributed by atoms with Crippen molar-refractivity contribution >= 4 is 5.91 Å². The fraction of sp³-hybridized carbons (Fsp3) is 0.385. The van der Waals surface area contributed by atoms with Gasteiger partial charge in [0.25, 0.3) is 5.91 Å². The van der Waals surface area contributed by atoms with Gasteiger partial charge in [0.1, 0.15) is 11.9 Å². The third-order valence-corrected chi connectivity index (χ3v) is 7.08. The molecule has 1 saturated carbocycles. The standard InChI is InChI=1S/C26H24F4N4O2/c1-2-19-15-7-9-21(36-22-10-8-16(14-33-22)26(28,29)30)20(13-15)34(19)25(35)17-5-3-6-18(27)23(17)24-31-11-4-12-32-24/h3-6,8,10-12,14-15,19-21H,2,7,9,13H2,1H3. The highest BCUT2D eigenvalue weighted by molar-refractivity contribution is 6.00.